The van der Waals surface area contributed by atoms with Crippen LogP contribution in [-0.2, 0) is 18.1 Å². The average molecular weight is 504 g/mol. The lowest BCUT2D eigenvalue weighted by Gasteiger charge is -2.30. The largest absolute Gasteiger partial charge is 0.424 e. The lowest BCUT2D eigenvalue weighted by atomic mass is 10.3. The maximum Gasteiger partial charge on any atom is 0.424 e. The molecule has 15 heteroatoms. The number of hydrogen-bond acceptors (Lipinski definition) is 4. The summed E-state index contributed by atoms with van der Waals surface area (Å²) < 4.78 is 126. The smallest absolute Gasteiger partial charge is 0.217 e. The quantitative estimate of drug-likeness (QED) is 0.443. The van der Waals surface area contributed by atoms with E-state index in [-0.39, 0.29) is 0 Å². The molecule has 0 fully saturated rings. The van der Waals surface area contributed by atoms with E-state index in [1.54, 1.807) is 0 Å². The fourth-order valence-electron chi connectivity index (χ4n) is 1.36. The molecule has 0 aliphatic carbocycles. The number of alkyl halides is 6. The molecule has 24 heavy (non-hydrogen) atoms. The Hall–Kier alpha value is -0.240. The molecule has 0 spiro atoms. The summed E-state index contributed by atoms with van der Waals surface area (Å²) >= 11 is 11.8. The Labute approximate surface area is 148 Å². The van der Waals surface area contributed by atoms with Crippen LogP contribution in [0.4, 0.5) is 26.3 Å². The van der Waals surface area contributed by atoms with Gasteiger partial charge in [-0.2, -0.15) is 26.3 Å². The molecule has 4 nitrogen and oxygen atoms in total. The highest BCUT2D eigenvalue weighted by Gasteiger charge is 2.81. The molecular formula is C9H3BrCl2F6O4S2. The summed E-state index contributed by atoms with van der Waals surface area (Å²) in [5.74, 6) is -6.86. The van der Waals surface area contributed by atoms with Crippen LogP contribution in [-0.4, -0.2) is 33.3 Å². The third-order valence-corrected chi connectivity index (χ3v) is 7.41. The van der Waals surface area contributed by atoms with Crippen LogP contribution in [0.5, 0.6) is 0 Å². The molecular weight excluding hydrogens is 501 g/mol. The molecule has 0 aliphatic rings. The zero-order valence-corrected chi connectivity index (χ0v) is 15.3. The number of benzene rings is 1. The maximum absolute atomic E-state index is 13.8. The van der Waals surface area contributed by atoms with Gasteiger partial charge in [0.2, 0.25) is 0 Å². The van der Waals surface area contributed by atoms with E-state index < -0.39 is 49.5 Å². The first-order valence-electron chi connectivity index (χ1n) is 5.19. The predicted molar refractivity (Wildman–Crippen MR) is 76.3 cm³/mol. The molecule has 0 saturated heterocycles. The normalized spacial score (nSPS) is 14.7. The fourth-order valence-corrected chi connectivity index (χ4v) is 4.85. The topological polar surface area (TPSA) is 68.3 Å². The van der Waals surface area contributed by atoms with Crippen LogP contribution in [0.3, 0.4) is 0 Å². The van der Waals surface area contributed by atoms with E-state index >= 15 is 0 Å². The first kappa shape index (κ1) is 21.8. The Kier molecular flexibility index (Phi) is 5.61. The van der Waals surface area contributed by atoms with Crippen LogP contribution in [0.25, 0.3) is 0 Å². The van der Waals surface area contributed by atoms with Gasteiger partial charge in [0.05, 0.1) is 24.9 Å². The van der Waals surface area contributed by atoms with Gasteiger partial charge in [-0.15, -0.1) is 0 Å². The molecule has 0 heterocycles. The Balaban J connectivity index is 3.76. The van der Waals surface area contributed by atoms with Crippen LogP contribution >= 0.6 is 38.0 Å². The second-order valence-corrected chi connectivity index (χ2v) is 10.8. The van der Waals surface area contributed by atoms with E-state index in [4.69, 9.17) is 23.2 Å². The molecule has 1 rings (SSSR count). The highest BCUT2D eigenvalue weighted by Crippen LogP contribution is 2.54. The Morgan fingerprint density at radius 3 is 1.54 bits per heavy atom. The lowest BCUT2D eigenvalue weighted by molar-refractivity contribution is -0.242. The highest BCUT2D eigenvalue weighted by molar-refractivity contribution is 9.47. The van der Waals surface area contributed by atoms with Gasteiger partial charge >= 0.3 is 16.4 Å². The van der Waals surface area contributed by atoms with Crippen LogP contribution in [0.15, 0.2) is 23.1 Å². The summed E-state index contributed by atoms with van der Waals surface area (Å²) in [5, 5.41) is -15.1. The molecule has 0 aromatic heterocycles. The summed E-state index contributed by atoms with van der Waals surface area (Å²) in [6.07, 6.45) is 0. The minimum Gasteiger partial charge on any atom is -0.217 e. The van der Waals surface area contributed by atoms with Crippen molar-refractivity contribution in [3.63, 3.8) is 0 Å². The molecule has 0 N–H and O–H groups in total. The summed E-state index contributed by atoms with van der Waals surface area (Å²) in [4.78, 5) is -1.75. The summed E-state index contributed by atoms with van der Waals surface area (Å²) in [5.41, 5.74) is 0. The average Bonchev–Trinajstić information content (AvgIpc) is 2.36. The van der Waals surface area contributed by atoms with E-state index in [9.17, 15) is 43.2 Å². The molecule has 138 valence electrons. The second kappa shape index (κ2) is 6.18. The minimum absolute atomic E-state index is 0.675. The molecule has 0 atom stereocenters. The number of rotatable bonds is 5. The van der Waals surface area contributed by atoms with Gasteiger partial charge in [0.1, 0.15) is 4.90 Å². The maximum atomic E-state index is 13.8. The summed E-state index contributed by atoms with van der Waals surface area (Å²) in [6, 6.07) is 2.32. The van der Waals surface area contributed by atoms with Gasteiger partial charge in [0.25, 0.3) is 18.1 Å². The van der Waals surface area contributed by atoms with Crippen molar-refractivity contribution in [3.05, 3.63) is 28.2 Å². The van der Waals surface area contributed by atoms with Gasteiger partial charge in [0.15, 0.2) is 0 Å². The van der Waals surface area contributed by atoms with Crippen molar-refractivity contribution in [3.8, 4) is 0 Å². The van der Waals surface area contributed by atoms with Gasteiger partial charge in [-0.05, 0) is 12.1 Å². The van der Waals surface area contributed by atoms with E-state index in [1.165, 1.54) is 0 Å². The van der Waals surface area contributed by atoms with Crippen molar-refractivity contribution >= 4 is 56.1 Å². The Morgan fingerprint density at radius 1 is 0.833 bits per heavy atom. The van der Waals surface area contributed by atoms with Crippen LogP contribution in [0, 0.1) is 0 Å². The zero-order valence-electron chi connectivity index (χ0n) is 10.6. The molecule has 1 aromatic rings. The van der Waals surface area contributed by atoms with Crippen molar-refractivity contribution < 1.29 is 43.2 Å². The van der Waals surface area contributed by atoms with Gasteiger partial charge in [0, 0.05) is 0 Å². The molecule has 1 aromatic carbocycles. The van der Waals surface area contributed by atoms with E-state index in [1.807, 2.05) is 0 Å². The standard InChI is InChI=1S/C9H3BrCl2F6O4S2/c10-24(21,22)9(17,18)7(13,14)8(15,16)23(19,20)6-4(11)2-1-3-5(6)12/h1-3H. The van der Waals surface area contributed by atoms with Gasteiger partial charge in [-0.25, -0.2) is 16.8 Å². The Morgan fingerprint density at radius 2 is 1.21 bits per heavy atom. The van der Waals surface area contributed by atoms with Crippen molar-refractivity contribution in [2.24, 2.45) is 0 Å². The molecule has 0 bridgehead atoms. The van der Waals surface area contributed by atoms with Crippen LogP contribution < -0.4 is 0 Å². The zero-order chi connectivity index (χ0) is 19.4. The van der Waals surface area contributed by atoms with Gasteiger partial charge < -0.3 is 0 Å². The highest BCUT2D eigenvalue weighted by atomic mass is 79.9. The Bertz CT molecular complexity index is 852. The fraction of sp³-hybridized carbons (Fsp3) is 0.333. The number of sulfone groups is 1. The van der Waals surface area contributed by atoms with Crippen molar-refractivity contribution in [1.82, 2.24) is 0 Å². The molecule has 0 saturated carbocycles. The van der Waals surface area contributed by atoms with Gasteiger partial charge in [-0.3, -0.25) is 0 Å². The van der Waals surface area contributed by atoms with Crippen molar-refractivity contribution in [2.45, 2.75) is 21.3 Å². The third kappa shape index (κ3) is 3.02. The van der Waals surface area contributed by atoms with E-state index in [2.05, 4.69) is 0 Å². The molecule has 0 aliphatic heterocycles. The molecule has 0 unspecified atom stereocenters. The first-order valence-corrected chi connectivity index (χ1v) is 10.8. The van der Waals surface area contributed by atoms with E-state index in [0.717, 1.165) is 20.9 Å². The van der Waals surface area contributed by atoms with E-state index in [0.29, 0.717) is 12.1 Å². The number of halogens is 9. The summed E-state index contributed by atoms with van der Waals surface area (Å²) in [6.45, 7) is 0. The first-order chi connectivity index (χ1) is 10.4. The van der Waals surface area contributed by atoms with Crippen LogP contribution in [0.2, 0.25) is 10.0 Å². The SMILES string of the molecule is O=S(=O)(Br)C(F)(F)C(F)(F)C(F)(F)S(=O)(=O)c1c(Cl)cccc1Cl. The van der Waals surface area contributed by atoms with Crippen LogP contribution in [0.1, 0.15) is 0 Å². The molecule has 0 amide bonds. The number of hydrogen-bond donors (Lipinski definition) is 0. The third-order valence-electron chi connectivity index (χ3n) is 2.56. The van der Waals surface area contributed by atoms with Gasteiger partial charge in [-0.1, -0.05) is 29.3 Å². The minimum atomic E-state index is -6.86. The monoisotopic (exact) mass is 502 g/mol. The summed E-state index contributed by atoms with van der Waals surface area (Å²) in [7, 11) is -12.9. The second-order valence-electron chi connectivity index (χ2n) is 4.10. The van der Waals surface area contributed by atoms with Crippen molar-refractivity contribution in [2.75, 3.05) is 0 Å². The van der Waals surface area contributed by atoms with Crippen molar-refractivity contribution in [1.29, 1.82) is 0 Å². The predicted octanol–water partition coefficient (Wildman–Crippen LogP) is 4.31. The lowest BCUT2D eigenvalue weighted by Crippen LogP contribution is -2.59. The molecule has 0 radical (unpaired) electrons.